The van der Waals surface area contributed by atoms with Crippen molar-refractivity contribution in [2.24, 2.45) is 11.1 Å². The van der Waals surface area contributed by atoms with Gasteiger partial charge in [0.2, 0.25) is 5.91 Å². The third kappa shape index (κ3) is 2.92. The Morgan fingerprint density at radius 3 is 2.70 bits per heavy atom. The Labute approximate surface area is 123 Å². The van der Waals surface area contributed by atoms with Gasteiger partial charge in [-0.05, 0) is 29.7 Å². The van der Waals surface area contributed by atoms with E-state index in [1.165, 1.54) is 0 Å². The van der Waals surface area contributed by atoms with Crippen LogP contribution in [0.25, 0.3) is 10.9 Å². The van der Waals surface area contributed by atoms with Gasteiger partial charge in [-0.3, -0.25) is 9.78 Å². The molecule has 2 rings (SSSR count). The van der Waals surface area contributed by atoms with Gasteiger partial charge in [0.1, 0.15) is 0 Å². The molecule has 5 heteroatoms. The quantitative estimate of drug-likeness (QED) is 0.893. The first-order chi connectivity index (χ1) is 9.30. The Morgan fingerprint density at radius 1 is 1.35 bits per heavy atom. The predicted molar refractivity (Wildman–Crippen MR) is 82.8 cm³/mol. The summed E-state index contributed by atoms with van der Waals surface area (Å²) in [4.78, 5) is 16.4. The molecule has 3 N–H and O–H groups in total. The van der Waals surface area contributed by atoms with E-state index in [0.717, 1.165) is 5.39 Å². The topological polar surface area (TPSA) is 68.0 Å². The second-order valence-electron chi connectivity index (χ2n) is 5.83. The van der Waals surface area contributed by atoms with Gasteiger partial charge in [0.05, 0.1) is 22.3 Å². The number of halogens is 1. The van der Waals surface area contributed by atoms with Crippen molar-refractivity contribution in [2.45, 2.75) is 26.8 Å². The van der Waals surface area contributed by atoms with Gasteiger partial charge in [0, 0.05) is 11.6 Å². The summed E-state index contributed by atoms with van der Waals surface area (Å²) in [5.41, 5.74) is 6.99. The van der Waals surface area contributed by atoms with Gasteiger partial charge in [0.25, 0.3) is 0 Å². The average Bonchev–Trinajstić information content (AvgIpc) is 2.40. The van der Waals surface area contributed by atoms with E-state index in [4.69, 9.17) is 17.3 Å². The SMILES string of the molecule is CC(C)(C)[C@H](N)C(=O)Nc1ccc(Cl)c2ncccc12. The Bertz CT molecular complexity index is 649. The number of nitrogens with zero attached hydrogens (tertiary/aromatic N) is 1. The van der Waals surface area contributed by atoms with E-state index in [2.05, 4.69) is 10.3 Å². The molecule has 0 aliphatic carbocycles. The van der Waals surface area contributed by atoms with Crippen molar-refractivity contribution in [3.63, 3.8) is 0 Å². The Hall–Kier alpha value is -1.65. The summed E-state index contributed by atoms with van der Waals surface area (Å²) < 4.78 is 0. The molecule has 1 atom stereocenters. The average molecular weight is 292 g/mol. The highest BCUT2D eigenvalue weighted by Gasteiger charge is 2.27. The molecular formula is C15H18ClN3O. The number of nitrogens with two attached hydrogens (primary N) is 1. The van der Waals surface area contributed by atoms with Crippen LogP contribution in [0.3, 0.4) is 0 Å². The van der Waals surface area contributed by atoms with Crippen LogP contribution in [0.1, 0.15) is 20.8 Å². The number of hydrogen-bond donors (Lipinski definition) is 2. The number of hydrogen-bond acceptors (Lipinski definition) is 3. The van der Waals surface area contributed by atoms with Crippen LogP contribution in [0.15, 0.2) is 30.5 Å². The van der Waals surface area contributed by atoms with Gasteiger partial charge in [-0.1, -0.05) is 32.4 Å². The molecule has 0 bridgehead atoms. The molecule has 2 aromatic rings. The van der Waals surface area contributed by atoms with Crippen molar-refractivity contribution >= 4 is 34.1 Å². The molecule has 0 saturated heterocycles. The van der Waals surface area contributed by atoms with E-state index in [0.29, 0.717) is 16.2 Å². The molecule has 106 valence electrons. The highest BCUT2D eigenvalue weighted by Crippen LogP contribution is 2.28. The first-order valence-corrected chi connectivity index (χ1v) is 6.78. The molecule has 0 aliphatic rings. The minimum atomic E-state index is -0.593. The van der Waals surface area contributed by atoms with Crippen LogP contribution >= 0.6 is 11.6 Å². The van der Waals surface area contributed by atoms with Crippen LogP contribution in [-0.2, 0) is 4.79 Å². The van der Waals surface area contributed by atoms with Crippen LogP contribution in [0.4, 0.5) is 5.69 Å². The van der Waals surface area contributed by atoms with E-state index in [9.17, 15) is 4.79 Å². The van der Waals surface area contributed by atoms with E-state index in [1.807, 2.05) is 26.8 Å². The summed E-state index contributed by atoms with van der Waals surface area (Å²) in [7, 11) is 0. The fourth-order valence-electron chi connectivity index (χ4n) is 1.85. The van der Waals surface area contributed by atoms with Crippen LogP contribution in [0.2, 0.25) is 5.02 Å². The summed E-state index contributed by atoms with van der Waals surface area (Å²) in [6, 6.07) is 6.56. The van der Waals surface area contributed by atoms with E-state index >= 15 is 0 Å². The molecule has 20 heavy (non-hydrogen) atoms. The minimum Gasteiger partial charge on any atom is -0.324 e. The first-order valence-electron chi connectivity index (χ1n) is 6.40. The van der Waals surface area contributed by atoms with E-state index < -0.39 is 6.04 Å². The van der Waals surface area contributed by atoms with Gasteiger partial charge < -0.3 is 11.1 Å². The maximum absolute atomic E-state index is 12.2. The number of rotatable bonds is 2. The molecule has 0 radical (unpaired) electrons. The zero-order valence-corrected chi connectivity index (χ0v) is 12.5. The zero-order chi connectivity index (χ0) is 14.9. The minimum absolute atomic E-state index is 0.218. The highest BCUT2D eigenvalue weighted by atomic mass is 35.5. The molecule has 4 nitrogen and oxygen atoms in total. The number of nitrogens with one attached hydrogen (secondary N) is 1. The van der Waals surface area contributed by atoms with Crippen LogP contribution in [0.5, 0.6) is 0 Å². The standard InChI is InChI=1S/C15H18ClN3O/c1-15(2,3)13(17)14(20)19-11-7-6-10(16)12-9(11)5-4-8-18-12/h4-8,13H,17H2,1-3H3,(H,19,20)/t13-/m1/s1. The number of aromatic nitrogens is 1. The molecule has 0 unspecified atom stereocenters. The van der Waals surface area contributed by atoms with Crippen LogP contribution in [-0.4, -0.2) is 16.9 Å². The van der Waals surface area contributed by atoms with Crippen molar-refractivity contribution in [2.75, 3.05) is 5.32 Å². The maximum Gasteiger partial charge on any atom is 0.241 e. The molecular weight excluding hydrogens is 274 g/mol. The monoisotopic (exact) mass is 291 g/mol. The largest absolute Gasteiger partial charge is 0.324 e. The van der Waals surface area contributed by atoms with Gasteiger partial charge in [-0.2, -0.15) is 0 Å². The Kier molecular flexibility index (Phi) is 3.97. The lowest BCUT2D eigenvalue weighted by atomic mass is 9.87. The molecule has 1 aromatic carbocycles. The van der Waals surface area contributed by atoms with Gasteiger partial charge in [-0.15, -0.1) is 0 Å². The van der Waals surface area contributed by atoms with Gasteiger partial charge in [-0.25, -0.2) is 0 Å². The second kappa shape index (κ2) is 5.38. The molecule has 0 saturated carbocycles. The summed E-state index contributed by atoms with van der Waals surface area (Å²) in [5.74, 6) is -0.218. The summed E-state index contributed by atoms with van der Waals surface area (Å²) >= 11 is 6.10. The smallest absolute Gasteiger partial charge is 0.241 e. The highest BCUT2D eigenvalue weighted by molar-refractivity contribution is 6.35. The molecule has 1 amide bonds. The fraction of sp³-hybridized carbons (Fsp3) is 0.333. The number of benzene rings is 1. The lowest BCUT2D eigenvalue weighted by Crippen LogP contribution is -2.45. The lowest BCUT2D eigenvalue weighted by molar-refractivity contribution is -0.119. The number of anilines is 1. The number of fused-ring (bicyclic) bond motifs is 1. The summed E-state index contributed by atoms with van der Waals surface area (Å²) in [6.07, 6.45) is 1.67. The van der Waals surface area contributed by atoms with Crippen molar-refractivity contribution in [3.05, 3.63) is 35.5 Å². The Balaban J connectivity index is 2.36. The van der Waals surface area contributed by atoms with Gasteiger partial charge >= 0.3 is 0 Å². The number of carbonyl (C=O) groups excluding carboxylic acids is 1. The third-order valence-electron chi connectivity index (χ3n) is 3.19. The summed E-state index contributed by atoms with van der Waals surface area (Å²) in [5, 5.41) is 4.21. The number of amides is 1. The molecule has 0 fully saturated rings. The maximum atomic E-state index is 12.2. The first kappa shape index (κ1) is 14.8. The molecule has 1 aromatic heterocycles. The number of carbonyl (C=O) groups is 1. The van der Waals surface area contributed by atoms with Gasteiger partial charge in [0.15, 0.2) is 0 Å². The molecule has 0 aliphatic heterocycles. The zero-order valence-electron chi connectivity index (χ0n) is 11.8. The fourth-order valence-corrected chi connectivity index (χ4v) is 2.06. The van der Waals surface area contributed by atoms with Crippen molar-refractivity contribution in [1.82, 2.24) is 4.98 Å². The normalized spacial score (nSPS) is 13.2. The number of pyridine rings is 1. The van der Waals surface area contributed by atoms with Crippen LogP contribution < -0.4 is 11.1 Å². The third-order valence-corrected chi connectivity index (χ3v) is 3.50. The second-order valence-corrected chi connectivity index (χ2v) is 6.23. The van der Waals surface area contributed by atoms with E-state index in [1.54, 1.807) is 24.4 Å². The van der Waals surface area contributed by atoms with Crippen molar-refractivity contribution in [3.8, 4) is 0 Å². The van der Waals surface area contributed by atoms with Crippen molar-refractivity contribution in [1.29, 1.82) is 0 Å². The van der Waals surface area contributed by atoms with Crippen LogP contribution in [0, 0.1) is 5.41 Å². The Morgan fingerprint density at radius 2 is 2.05 bits per heavy atom. The lowest BCUT2D eigenvalue weighted by Gasteiger charge is -2.26. The molecule has 0 spiro atoms. The summed E-state index contributed by atoms with van der Waals surface area (Å²) in [6.45, 7) is 5.79. The molecule has 1 heterocycles. The van der Waals surface area contributed by atoms with Crippen molar-refractivity contribution < 1.29 is 4.79 Å². The van der Waals surface area contributed by atoms with E-state index in [-0.39, 0.29) is 11.3 Å². The predicted octanol–water partition coefficient (Wildman–Crippen LogP) is 3.20.